The van der Waals surface area contributed by atoms with Crippen molar-refractivity contribution in [3.63, 3.8) is 0 Å². The summed E-state index contributed by atoms with van der Waals surface area (Å²) < 4.78 is 0. The molecule has 1 aromatic rings. The van der Waals surface area contributed by atoms with Crippen LogP contribution < -0.4 is 0 Å². The van der Waals surface area contributed by atoms with E-state index in [0.717, 1.165) is 4.90 Å². The summed E-state index contributed by atoms with van der Waals surface area (Å²) in [5.74, 6) is 1.14. The van der Waals surface area contributed by atoms with Gasteiger partial charge in [-0.1, -0.05) is 46.4 Å². The molecule has 0 spiro atoms. The predicted octanol–water partition coefficient (Wildman–Crippen LogP) is 4.49. The Morgan fingerprint density at radius 3 is 1.54 bits per heavy atom. The zero-order chi connectivity index (χ0) is 10.0. The van der Waals surface area contributed by atoms with E-state index in [-0.39, 0.29) is 0 Å². The van der Waals surface area contributed by atoms with Gasteiger partial charge in [0.05, 0.1) is 0 Å². The molecule has 0 saturated carbocycles. The fourth-order valence-electron chi connectivity index (χ4n) is 1.31. The van der Waals surface area contributed by atoms with E-state index < -0.39 is 0 Å². The van der Waals surface area contributed by atoms with Crippen LogP contribution in [0.5, 0.6) is 0 Å². The Balaban J connectivity index is 3.11. The molecule has 0 aliphatic heterocycles. The summed E-state index contributed by atoms with van der Waals surface area (Å²) in [4.78, 5) is 0.968. The van der Waals surface area contributed by atoms with Crippen molar-refractivity contribution in [2.24, 2.45) is 0 Å². The van der Waals surface area contributed by atoms with Crippen LogP contribution in [0.25, 0.3) is 0 Å². The molecule has 0 aliphatic carbocycles. The summed E-state index contributed by atoms with van der Waals surface area (Å²) in [5.41, 5.74) is 2.72. The number of rotatable bonds is 2. The monoisotopic (exact) mass is 193 g/mol. The van der Waals surface area contributed by atoms with Gasteiger partial charge in [-0.3, -0.25) is 0 Å². The second-order valence-corrected chi connectivity index (χ2v) is 4.62. The van der Waals surface area contributed by atoms with Crippen molar-refractivity contribution in [1.82, 2.24) is 0 Å². The van der Waals surface area contributed by atoms with Gasteiger partial charge in [0.15, 0.2) is 0 Å². The molecule has 0 nitrogen and oxygen atoms in total. The SMILES string of the molecule is CC(C)c1cc([S])cc(C(C)C)c1. The first kappa shape index (κ1) is 10.5. The molecule has 0 atom stereocenters. The van der Waals surface area contributed by atoms with E-state index in [1.807, 2.05) is 0 Å². The third-order valence-electron chi connectivity index (χ3n) is 2.28. The molecule has 0 bridgehead atoms. The first-order valence-corrected chi connectivity index (χ1v) is 5.23. The lowest BCUT2D eigenvalue weighted by Crippen LogP contribution is -1.93. The van der Waals surface area contributed by atoms with Crippen LogP contribution >= 0.6 is 12.6 Å². The second-order valence-electron chi connectivity index (χ2n) is 4.14. The molecule has 0 aliphatic rings. The molecule has 0 aromatic heterocycles. The third-order valence-corrected chi connectivity index (χ3v) is 2.52. The summed E-state index contributed by atoms with van der Waals surface area (Å²) in [7, 11) is 0. The van der Waals surface area contributed by atoms with Crippen LogP contribution in [-0.2, 0) is 0 Å². The maximum absolute atomic E-state index is 5.23. The predicted molar refractivity (Wildman–Crippen MR) is 60.5 cm³/mol. The number of benzene rings is 1. The van der Waals surface area contributed by atoms with Gasteiger partial charge in [-0.05, 0) is 35.1 Å². The van der Waals surface area contributed by atoms with E-state index in [9.17, 15) is 0 Å². The van der Waals surface area contributed by atoms with E-state index in [2.05, 4.69) is 45.9 Å². The summed E-state index contributed by atoms with van der Waals surface area (Å²) in [6.07, 6.45) is 0. The molecular formula is C12H17S. The zero-order valence-electron chi connectivity index (χ0n) is 8.79. The highest BCUT2D eigenvalue weighted by Gasteiger charge is 2.05. The maximum Gasteiger partial charge on any atom is 0.0382 e. The van der Waals surface area contributed by atoms with Gasteiger partial charge in [0, 0.05) is 4.90 Å². The third kappa shape index (κ3) is 2.70. The van der Waals surface area contributed by atoms with Crippen molar-refractivity contribution >= 4 is 12.6 Å². The van der Waals surface area contributed by atoms with Crippen molar-refractivity contribution in [3.05, 3.63) is 29.3 Å². The molecule has 1 aromatic carbocycles. The molecule has 1 radical (unpaired) electrons. The van der Waals surface area contributed by atoms with Gasteiger partial charge in [0.25, 0.3) is 0 Å². The largest absolute Gasteiger partial charge is 0.0801 e. The highest BCUT2D eigenvalue weighted by Crippen LogP contribution is 2.24. The number of hydrogen-bond acceptors (Lipinski definition) is 0. The van der Waals surface area contributed by atoms with E-state index in [1.165, 1.54) is 11.1 Å². The molecule has 0 amide bonds. The quantitative estimate of drug-likeness (QED) is 0.649. The highest BCUT2D eigenvalue weighted by atomic mass is 32.1. The smallest absolute Gasteiger partial charge is 0.0382 e. The molecule has 13 heavy (non-hydrogen) atoms. The Hall–Kier alpha value is -0.560. The first-order chi connectivity index (χ1) is 6.00. The summed E-state index contributed by atoms with van der Waals surface area (Å²) in [5, 5.41) is 0. The molecule has 1 rings (SSSR count). The molecule has 1 heteroatoms. The second kappa shape index (κ2) is 4.10. The van der Waals surface area contributed by atoms with Gasteiger partial charge in [0.2, 0.25) is 0 Å². The average Bonchev–Trinajstić information content (AvgIpc) is 2.03. The van der Waals surface area contributed by atoms with Crippen LogP contribution in [0.2, 0.25) is 0 Å². The van der Waals surface area contributed by atoms with Gasteiger partial charge in [0.1, 0.15) is 0 Å². The van der Waals surface area contributed by atoms with Gasteiger partial charge in [-0.15, -0.1) is 0 Å². The first-order valence-electron chi connectivity index (χ1n) is 4.82. The van der Waals surface area contributed by atoms with Gasteiger partial charge in [-0.2, -0.15) is 0 Å². The highest BCUT2D eigenvalue weighted by molar-refractivity contribution is 7.80. The standard InChI is InChI=1S/C12H17S/c1-8(2)10-5-11(9(3)4)7-12(13)6-10/h5-9H,1-4H3. The minimum atomic E-state index is 0.570. The Morgan fingerprint density at radius 2 is 1.23 bits per heavy atom. The molecule has 0 saturated heterocycles. The van der Waals surface area contributed by atoms with Crippen molar-refractivity contribution in [2.75, 3.05) is 0 Å². The Kier molecular flexibility index (Phi) is 3.32. The van der Waals surface area contributed by atoms with Crippen molar-refractivity contribution in [3.8, 4) is 0 Å². The average molecular weight is 193 g/mol. The van der Waals surface area contributed by atoms with Crippen LogP contribution in [0.15, 0.2) is 23.1 Å². The lowest BCUT2D eigenvalue weighted by atomic mass is 9.96. The topological polar surface area (TPSA) is 0 Å². The molecule has 0 N–H and O–H groups in total. The molecule has 0 heterocycles. The maximum atomic E-state index is 5.23. The van der Waals surface area contributed by atoms with Crippen LogP contribution in [0.1, 0.15) is 50.7 Å². The molecular weight excluding hydrogens is 176 g/mol. The lowest BCUT2D eigenvalue weighted by Gasteiger charge is -2.11. The van der Waals surface area contributed by atoms with Crippen LogP contribution in [0.3, 0.4) is 0 Å². The van der Waals surface area contributed by atoms with Gasteiger partial charge < -0.3 is 0 Å². The van der Waals surface area contributed by atoms with Crippen molar-refractivity contribution in [1.29, 1.82) is 0 Å². The van der Waals surface area contributed by atoms with Crippen LogP contribution in [0.4, 0.5) is 0 Å². The van der Waals surface area contributed by atoms with E-state index in [0.29, 0.717) is 11.8 Å². The Bertz CT molecular complexity index is 261. The lowest BCUT2D eigenvalue weighted by molar-refractivity contribution is 0.827. The fourth-order valence-corrected chi connectivity index (χ4v) is 1.58. The van der Waals surface area contributed by atoms with E-state index in [1.54, 1.807) is 0 Å². The van der Waals surface area contributed by atoms with Crippen molar-refractivity contribution in [2.45, 2.75) is 44.4 Å². The van der Waals surface area contributed by atoms with E-state index >= 15 is 0 Å². The zero-order valence-corrected chi connectivity index (χ0v) is 9.61. The van der Waals surface area contributed by atoms with Gasteiger partial charge >= 0.3 is 0 Å². The fraction of sp³-hybridized carbons (Fsp3) is 0.500. The minimum absolute atomic E-state index is 0.570. The Labute approximate surface area is 86.8 Å². The summed E-state index contributed by atoms with van der Waals surface area (Å²) in [6.45, 7) is 8.81. The summed E-state index contributed by atoms with van der Waals surface area (Å²) >= 11 is 5.23. The van der Waals surface area contributed by atoms with Gasteiger partial charge in [-0.25, -0.2) is 0 Å². The summed E-state index contributed by atoms with van der Waals surface area (Å²) in [6, 6.07) is 6.48. The minimum Gasteiger partial charge on any atom is -0.0801 e. The normalized spacial score (nSPS) is 11.2. The Morgan fingerprint density at radius 1 is 0.846 bits per heavy atom. The molecule has 71 valence electrons. The van der Waals surface area contributed by atoms with Crippen molar-refractivity contribution < 1.29 is 0 Å². The molecule has 0 unspecified atom stereocenters. The van der Waals surface area contributed by atoms with Crippen LogP contribution in [0, 0.1) is 0 Å². The van der Waals surface area contributed by atoms with E-state index in [4.69, 9.17) is 12.6 Å². The molecule has 0 fully saturated rings. The number of hydrogen-bond donors (Lipinski definition) is 0. The van der Waals surface area contributed by atoms with Crippen LogP contribution in [-0.4, -0.2) is 0 Å².